The molecule has 0 saturated carbocycles. The molecule has 1 fully saturated rings. The molecule has 9 heteroatoms. The van der Waals surface area contributed by atoms with E-state index < -0.39 is 6.09 Å². The van der Waals surface area contributed by atoms with Gasteiger partial charge in [-0.2, -0.15) is 5.10 Å². The van der Waals surface area contributed by atoms with Crippen LogP contribution in [0.25, 0.3) is 11.1 Å². The molecule has 0 bridgehead atoms. The Morgan fingerprint density at radius 1 is 1.28 bits per heavy atom. The topological polar surface area (TPSA) is 97.1 Å². The predicted molar refractivity (Wildman–Crippen MR) is 119 cm³/mol. The molecule has 4 rings (SSSR count). The first-order chi connectivity index (χ1) is 15.5. The summed E-state index contributed by atoms with van der Waals surface area (Å²) in [6.07, 6.45) is 6.27. The largest absolute Gasteiger partial charge is 0.491 e. The minimum absolute atomic E-state index is 0.00447. The zero-order valence-electron chi connectivity index (χ0n) is 18.6. The van der Waals surface area contributed by atoms with Gasteiger partial charge in [0.15, 0.2) is 0 Å². The molecule has 3 heterocycles. The van der Waals surface area contributed by atoms with Crippen molar-refractivity contribution in [1.29, 1.82) is 0 Å². The van der Waals surface area contributed by atoms with Gasteiger partial charge in [-0.1, -0.05) is 0 Å². The molecule has 2 aliphatic heterocycles. The van der Waals surface area contributed by atoms with Gasteiger partial charge < -0.3 is 19.5 Å². The highest BCUT2D eigenvalue weighted by atomic mass is 16.5. The Morgan fingerprint density at radius 3 is 2.84 bits per heavy atom. The smallest absolute Gasteiger partial charge is 0.414 e. The first kappa shape index (κ1) is 22.1. The summed E-state index contributed by atoms with van der Waals surface area (Å²) in [7, 11) is 1.39. The SMILES string of the molecule is COC(=O)N1c2ccc(-c3cnn(CCO)c3)c(OCCN3CCCC3=O)c2CC[C@@H]1C. The lowest BCUT2D eigenvalue weighted by Crippen LogP contribution is -2.42. The van der Waals surface area contributed by atoms with Gasteiger partial charge in [0.2, 0.25) is 5.91 Å². The van der Waals surface area contributed by atoms with Gasteiger partial charge in [-0.3, -0.25) is 14.4 Å². The highest BCUT2D eigenvalue weighted by Gasteiger charge is 2.32. The maximum absolute atomic E-state index is 12.5. The maximum atomic E-state index is 12.5. The van der Waals surface area contributed by atoms with Crippen LogP contribution in [0.3, 0.4) is 0 Å². The Balaban J connectivity index is 1.69. The summed E-state index contributed by atoms with van der Waals surface area (Å²) < 4.78 is 13.0. The van der Waals surface area contributed by atoms with Gasteiger partial charge in [-0.15, -0.1) is 0 Å². The molecule has 0 unspecified atom stereocenters. The van der Waals surface area contributed by atoms with Crippen LogP contribution in [-0.4, -0.2) is 71.2 Å². The third kappa shape index (κ3) is 4.29. The number of nitrogens with zero attached hydrogens (tertiary/aromatic N) is 4. The van der Waals surface area contributed by atoms with Crippen LogP contribution < -0.4 is 9.64 Å². The van der Waals surface area contributed by atoms with Crippen molar-refractivity contribution in [3.63, 3.8) is 0 Å². The van der Waals surface area contributed by atoms with E-state index in [1.165, 1.54) is 7.11 Å². The van der Waals surface area contributed by atoms with Crippen molar-refractivity contribution in [2.45, 2.75) is 45.2 Å². The van der Waals surface area contributed by atoms with Gasteiger partial charge in [0.05, 0.1) is 38.7 Å². The number of aliphatic hydroxyl groups is 1. The standard InChI is InChI=1S/C23H30N4O5/c1-16-5-6-19-20(27(16)23(30)31-2)8-7-18(17-14-24-26(15-17)10-12-28)22(19)32-13-11-25-9-3-4-21(25)29/h7-8,14-16,28H,3-6,9-13H2,1-2H3/t16-/m0/s1. The van der Waals surface area contributed by atoms with Gasteiger partial charge in [-0.05, 0) is 38.3 Å². The van der Waals surface area contributed by atoms with Crippen molar-refractivity contribution >= 4 is 17.7 Å². The van der Waals surface area contributed by atoms with Crippen molar-refractivity contribution in [2.75, 3.05) is 38.3 Å². The molecular formula is C23H30N4O5. The summed E-state index contributed by atoms with van der Waals surface area (Å²) >= 11 is 0. The van der Waals surface area contributed by atoms with E-state index in [0.717, 1.165) is 48.2 Å². The van der Waals surface area contributed by atoms with Gasteiger partial charge in [0, 0.05) is 41.9 Å². The number of rotatable bonds is 7. The number of ether oxygens (including phenoxy) is 2. The van der Waals surface area contributed by atoms with Crippen LogP contribution >= 0.6 is 0 Å². The summed E-state index contributed by atoms with van der Waals surface area (Å²) in [4.78, 5) is 28.0. The number of benzene rings is 1. The third-order valence-corrected chi connectivity index (χ3v) is 6.17. The van der Waals surface area contributed by atoms with Crippen molar-refractivity contribution in [3.8, 4) is 16.9 Å². The number of aromatic nitrogens is 2. The van der Waals surface area contributed by atoms with Crippen molar-refractivity contribution < 1.29 is 24.2 Å². The van der Waals surface area contributed by atoms with Gasteiger partial charge >= 0.3 is 6.09 Å². The lowest BCUT2D eigenvalue weighted by atomic mass is 9.92. The predicted octanol–water partition coefficient (Wildman–Crippen LogP) is 2.45. The van der Waals surface area contributed by atoms with Crippen LogP contribution in [-0.2, 0) is 22.5 Å². The number of amides is 2. The highest BCUT2D eigenvalue weighted by Crippen LogP contribution is 2.43. The lowest BCUT2D eigenvalue weighted by molar-refractivity contribution is -0.128. The molecule has 32 heavy (non-hydrogen) atoms. The summed E-state index contributed by atoms with van der Waals surface area (Å²) in [5.41, 5.74) is 3.49. The zero-order valence-corrected chi connectivity index (χ0v) is 18.6. The molecule has 172 valence electrons. The van der Waals surface area contributed by atoms with E-state index in [0.29, 0.717) is 31.9 Å². The van der Waals surface area contributed by atoms with Crippen LogP contribution in [0.5, 0.6) is 5.75 Å². The zero-order chi connectivity index (χ0) is 22.7. The summed E-state index contributed by atoms with van der Waals surface area (Å²) in [6, 6.07) is 3.88. The quantitative estimate of drug-likeness (QED) is 0.708. The van der Waals surface area contributed by atoms with Gasteiger partial charge in [0.25, 0.3) is 0 Å². The average Bonchev–Trinajstić information content (AvgIpc) is 3.42. The van der Waals surface area contributed by atoms with E-state index in [-0.39, 0.29) is 18.6 Å². The number of aliphatic hydroxyl groups excluding tert-OH is 1. The number of hydrogen-bond acceptors (Lipinski definition) is 6. The normalized spacial score (nSPS) is 18.1. The summed E-state index contributed by atoms with van der Waals surface area (Å²) in [6.45, 7) is 4.09. The Kier molecular flexibility index (Phi) is 6.64. The molecule has 1 atom stereocenters. The second-order valence-corrected chi connectivity index (χ2v) is 8.22. The van der Waals surface area contributed by atoms with E-state index in [9.17, 15) is 14.7 Å². The van der Waals surface area contributed by atoms with Crippen LogP contribution in [0, 0.1) is 0 Å². The van der Waals surface area contributed by atoms with E-state index in [1.807, 2.05) is 30.2 Å². The second kappa shape index (κ2) is 9.60. The number of likely N-dealkylation sites (tertiary alicyclic amines) is 1. The minimum Gasteiger partial charge on any atom is -0.491 e. The average molecular weight is 443 g/mol. The molecule has 0 radical (unpaired) electrons. The van der Waals surface area contributed by atoms with E-state index in [1.54, 1.807) is 15.8 Å². The minimum atomic E-state index is -0.393. The van der Waals surface area contributed by atoms with E-state index >= 15 is 0 Å². The number of methoxy groups -OCH3 is 1. The fraction of sp³-hybridized carbons (Fsp3) is 0.522. The molecule has 9 nitrogen and oxygen atoms in total. The van der Waals surface area contributed by atoms with Gasteiger partial charge in [-0.25, -0.2) is 4.79 Å². The molecule has 2 amide bonds. The molecular weight excluding hydrogens is 412 g/mol. The maximum Gasteiger partial charge on any atom is 0.414 e. The van der Waals surface area contributed by atoms with Crippen LogP contribution in [0.4, 0.5) is 10.5 Å². The van der Waals surface area contributed by atoms with Crippen molar-refractivity contribution in [1.82, 2.24) is 14.7 Å². The number of anilines is 1. The van der Waals surface area contributed by atoms with Crippen molar-refractivity contribution in [3.05, 3.63) is 30.1 Å². The van der Waals surface area contributed by atoms with Crippen molar-refractivity contribution in [2.24, 2.45) is 0 Å². The van der Waals surface area contributed by atoms with Crippen LogP contribution in [0.2, 0.25) is 0 Å². The van der Waals surface area contributed by atoms with E-state index in [2.05, 4.69) is 5.10 Å². The lowest BCUT2D eigenvalue weighted by Gasteiger charge is -2.35. The second-order valence-electron chi connectivity index (χ2n) is 8.22. The number of fused-ring (bicyclic) bond motifs is 1. The Bertz CT molecular complexity index is 989. The fourth-order valence-electron chi connectivity index (χ4n) is 4.50. The molecule has 0 spiro atoms. The number of hydrogen-bond donors (Lipinski definition) is 1. The molecule has 1 aromatic carbocycles. The van der Waals surface area contributed by atoms with E-state index in [4.69, 9.17) is 9.47 Å². The van der Waals surface area contributed by atoms with Crippen LogP contribution in [0.15, 0.2) is 24.5 Å². The van der Waals surface area contributed by atoms with Gasteiger partial charge in [0.1, 0.15) is 12.4 Å². The molecule has 1 aromatic heterocycles. The summed E-state index contributed by atoms with van der Waals surface area (Å²) in [5, 5.41) is 13.5. The Morgan fingerprint density at radius 2 is 2.12 bits per heavy atom. The first-order valence-corrected chi connectivity index (χ1v) is 11.1. The third-order valence-electron chi connectivity index (χ3n) is 6.17. The molecule has 2 aromatic rings. The van der Waals surface area contributed by atoms with Crippen LogP contribution in [0.1, 0.15) is 31.7 Å². The summed E-state index contributed by atoms with van der Waals surface area (Å²) in [5.74, 6) is 0.874. The molecule has 1 saturated heterocycles. The monoisotopic (exact) mass is 442 g/mol. The highest BCUT2D eigenvalue weighted by molar-refractivity contribution is 5.92. The first-order valence-electron chi connectivity index (χ1n) is 11.1. The number of carbonyl (C=O) groups is 2. The Hall–Kier alpha value is -3.07. The molecule has 1 N–H and O–H groups in total. The fourth-order valence-corrected chi connectivity index (χ4v) is 4.50. The molecule has 2 aliphatic rings. The number of carbonyl (C=O) groups excluding carboxylic acids is 2. The Labute approximate surface area is 187 Å². The molecule has 0 aliphatic carbocycles.